The van der Waals surface area contributed by atoms with Gasteiger partial charge in [0.1, 0.15) is 0 Å². The second-order valence-electron chi connectivity index (χ2n) is 5.18. The van der Waals surface area contributed by atoms with E-state index >= 15 is 0 Å². The van der Waals surface area contributed by atoms with Crippen molar-refractivity contribution in [2.75, 3.05) is 0 Å². The summed E-state index contributed by atoms with van der Waals surface area (Å²) in [6.45, 7) is 1.99. The topological polar surface area (TPSA) is 83.5 Å². The average molecular weight is 333 g/mol. The molecule has 23 heavy (non-hydrogen) atoms. The van der Waals surface area contributed by atoms with E-state index in [4.69, 9.17) is 5.11 Å². The van der Waals surface area contributed by atoms with Crippen LogP contribution in [-0.4, -0.2) is 19.5 Å². The molecule has 0 unspecified atom stereocenters. The Morgan fingerprint density at radius 3 is 2.22 bits per heavy atom. The number of sulfonamides is 1. The summed E-state index contributed by atoms with van der Waals surface area (Å²) < 4.78 is 27.5. The molecule has 0 amide bonds. The maximum atomic E-state index is 12.5. The largest absolute Gasteiger partial charge is 0.481 e. The van der Waals surface area contributed by atoms with E-state index in [0.717, 1.165) is 12.0 Å². The quantitative estimate of drug-likeness (QED) is 0.816. The van der Waals surface area contributed by atoms with Crippen molar-refractivity contribution in [3.63, 3.8) is 0 Å². The van der Waals surface area contributed by atoms with Gasteiger partial charge in [-0.15, -0.1) is 0 Å². The molecule has 0 radical (unpaired) electrons. The predicted octanol–water partition coefficient (Wildman–Crippen LogP) is 2.74. The van der Waals surface area contributed by atoms with E-state index in [1.54, 1.807) is 42.5 Å². The fourth-order valence-electron chi connectivity index (χ4n) is 2.25. The van der Waals surface area contributed by atoms with Crippen molar-refractivity contribution >= 4 is 16.0 Å². The molecule has 0 fully saturated rings. The minimum absolute atomic E-state index is 0.126. The lowest BCUT2D eigenvalue weighted by Crippen LogP contribution is -2.30. The van der Waals surface area contributed by atoms with Crippen molar-refractivity contribution < 1.29 is 18.3 Å². The maximum Gasteiger partial charge on any atom is 0.305 e. The molecule has 6 heteroatoms. The first-order valence-electron chi connectivity index (χ1n) is 7.30. The molecule has 2 aromatic rings. The van der Waals surface area contributed by atoms with Crippen LogP contribution in [0.15, 0.2) is 59.5 Å². The fourth-order valence-corrected chi connectivity index (χ4v) is 3.47. The number of hydrogen-bond acceptors (Lipinski definition) is 3. The van der Waals surface area contributed by atoms with E-state index in [0.29, 0.717) is 5.56 Å². The van der Waals surface area contributed by atoms with Crippen LogP contribution in [0.5, 0.6) is 0 Å². The fraction of sp³-hybridized carbons (Fsp3) is 0.235. The summed E-state index contributed by atoms with van der Waals surface area (Å²) in [5, 5.41) is 9.05. The standard InChI is InChI=1S/C17H19NO4S/c1-2-13-8-10-15(11-9-13)23(21,22)18-16(12-17(19)20)14-6-4-3-5-7-14/h3-11,16,18H,2,12H2,1H3,(H,19,20)/t16-/m1/s1. The minimum Gasteiger partial charge on any atom is -0.481 e. The molecule has 0 bridgehead atoms. The minimum atomic E-state index is -3.79. The second kappa shape index (κ2) is 7.39. The molecule has 0 saturated heterocycles. The number of aliphatic carboxylic acids is 1. The normalized spacial score (nSPS) is 12.7. The molecule has 0 aromatic heterocycles. The van der Waals surface area contributed by atoms with Crippen molar-refractivity contribution in [2.24, 2.45) is 0 Å². The van der Waals surface area contributed by atoms with E-state index in [1.165, 1.54) is 12.1 Å². The Hall–Kier alpha value is -2.18. The first-order chi connectivity index (χ1) is 10.9. The van der Waals surface area contributed by atoms with Crippen molar-refractivity contribution in [1.29, 1.82) is 0 Å². The lowest BCUT2D eigenvalue weighted by Gasteiger charge is -2.17. The van der Waals surface area contributed by atoms with Crippen LogP contribution in [0.25, 0.3) is 0 Å². The molecule has 0 spiro atoms. The summed E-state index contributed by atoms with van der Waals surface area (Å²) in [7, 11) is -3.79. The maximum absolute atomic E-state index is 12.5. The van der Waals surface area contributed by atoms with Crippen molar-refractivity contribution in [1.82, 2.24) is 4.72 Å². The molecule has 0 aliphatic rings. The Kier molecular flexibility index (Phi) is 5.52. The lowest BCUT2D eigenvalue weighted by molar-refractivity contribution is -0.137. The van der Waals surface area contributed by atoms with Crippen LogP contribution in [0.4, 0.5) is 0 Å². The van der Waals surface area contributed by atoms with Crippen LogP contribution in [-0.2, 0) is 21.2 Å². The summed E-state index contributed by atoms with van der Waals surface area (Å²) in [5.74, 6) is -1.07. The number of hydrogen-bond donors (Lipinski definition) is 2. The zero-order chi connectivity index (χ0) is 16.9. The molecule has 122 valence electrons. The highest BCUT2D eigenvalue weighted by molar-refractivity contribution is 7.89. The highest BCUT2D eigenvalue weighted by atomic mass is 32.2. The molecule has 0 aliphatic carbocycles. The van der Waals surface area contributed by atoms with Crippen molar-refractivity contribution in [2.45, 2.75) is 30.7 Å². The van der Waals surface area contributed by atoms with Gasteiger partial charge in [0.25, 0.3) is 0 Å². The summed E-state index contributed by atoms with van der Waals surface area (Å²) in [5.41, 5.74) is 1.65. The highest BCUT2D eigenvalue weighted by Gasteiger charge is 2.23. The van der Waals surface area contributed by atoms with Gasteiger partial charge < -0.3 is 5.11 Å². The van der Waals surface area contributed by atoms with Gasteiger partial charge in [0.15, 0.2) is 0 Å². The van der Waals surface area contributed by atoms with Crippen LogP contribution < -0.4 is 4.72 Å². The van der Waals surface area contributed by atoms with Crippen LogP contribution in [0.2, 0.25) is 0 Å². The Bertz CT molecular complexity index is 755. The molecule has 0 saturated carbocycles. The van der Waals surface area contributed by atoms with Gasteiger partial charge in [0.05, 0.1) is 17.4 Å². The number of carboxylic acid groups (broad SMARTS) is 1. The number of carboxylic acids is 1. The van der Waals surface area contributed by atoms with Gasteiger partial charge in [0, 0.05) is 0 Å². The third-order valence-corrected chi connectivity index (χ3v) is 5.01. The zero-order valence-electron chi connectivity index (χ0n) is 12.8. The molecule has 2 aromatic carbocycles. The van der Waals surface area contributed by atoms with Crippen molar-refractivity contribution in [3.8, 4) is 0 Å². The van der Waals surface area contributed by atoms with Crippen LogP contribution in [0, 0.1) is 0 Å². The molecule has 5 nitrogen and oxygen atoms in total. The second-order valence-corrected chi connectivity index (χ2v) is 6.89. The smallest absolute Gasteiger partial charge is 0.305 e. The van der Waals surface area contributed by atoms with Gasteiger partial charge in [-0.3, -0.25) is 4.79 Å². The van der Waals surface area contributed by atoms with E-state index in [-0.39, 0.29) is 11.3 Å². The Labute approximate surface area is 136 Å². The summed E-state index contributed by atoms with van der Waals surface area (Å²) in [6.07, 6.45) is 0.496. The Morgan fingerprint density at radius 1 is 1.09 bits per heavy atom. The molecule has 0 heterocycles. The first kappa shape index (κ1) is 17.2. The number of nitrogens with one attached hydrogen (secondary N) is 1. The Balaban J connectivity index is 2.28. The molecule has 2 rings (SSSR count). The summed E-state index contributed by atoms with van der Waals surface area (Å²) >= 11 is 0. The molecule has 2 N–H and O–H groups in total. The average Bonchev–Trinajstić information content (AvgIpc) is 2.54. The van der Waals surface area contributed by atoms with Gasteiger partial charge in [-0.25, -0.2) is 13.1 Å². The molecular formula is C17H19NO4S. The van der Waals surface area contributed by atoms with Gasteiger partial charge in [-0.05, 0) is 29.7 Å². The predicted molar refractivity (Wildman–Crippen MR) is 87.6 cm³/mol. The number of benzene rings is 2. The summed E-state index contributed by atoms with van der Waals surface area (Å²) in [4.78, 5) is 11.2. The van der Waals surface area contributed by atoms with Crippen LogP contribution >= 0.6 is 0 Å². The SMILES string of the molecule is CCc1ccc(S(=O)(=O)N[C@H](CC(=O)O)c2ccccc2)cc1. The zero-order valence-corrected chi connectivity index (χ0v) is 13.6. The lowest BCUT2D eigenvalue weighted by atomic mass is 10.1. The Morgan fingerprint density at radius 2 is 1.70 bits per heavy atom. The van der Waals surface area contributed by atoms with Gasteiger partial charge in [0.2, 0.25) is 10.0 Å². The third kappa shape index (κ3) is 4.64. The van der Waals surface area contributed by atoms with E-state index in [1.807, 2.05) is 6.92 Å². The van der Waals surface area contributed by atoms with Crippen LogP contribution in [0.1, 0.15) is 30.5 Å². The third-order valence-electron chi connectivity index (χ3n) is 3.52. The molecule has 0 aliphatic heterocycles. The summed E-state index contributed by atoms with van der Waals surface area (Å²) in [6, 6.07) is 14.4. The van der Waals surface area contributed by atoms with E-state index in [2.05, 4.69) is 4.72 Å². The molecule has 1 atom stereocenters. The van der Waals surface area contributed by atoms with E-state index < -0.39 is 22.0 Å². The van der Waals surface area contributed by atoms with Crippen LogP contribution in [0.3, 0.4) is 0 Å². The number of rotatable bonds is 7. The number of aryl methyl sites for hydroxylation is 1. The van der Waals surface area contributed by atoms with Gasteiger partial charge in [-0.2, -0.15) is 0 Å². The van der Waals surface area contributed by atoms with Crippen molar-refractivity contribution in [3.05, 3.63) is 65.7 Å². The molecular weight excluding hydrogens is 314 g/mol. The van der Waals surface area contributed by atoms with Gasteiger partial charge in [-0.1, -0.05) is 49.4 Å². The van der Waals surface area contributed by atoms with Gasteiger partial charge >= 0.3 is 5.97 Å². The number of carbonyl (C=O) groups is 1. The monoisotopic (exact) mass is 333 g/mol. The van der Waals surface area contributed by atoms with E-state index in [9.17, 15) is 13.2 Å². The highest BCUT2D eigenvalue weighted by Crippen LogP contribution is 2.20. The first-order valence-corrected chi connectivity index (χ1v) is 8.78.